The first-order chi connectivity index (χ1) is 8.75. The predicted octanol–water partition coefficient (Wildman–Crippen LogP) is 2.28. The van der Waals surface area contributed by atoms with E-state index in [9.17, 15) is 0 Å². The zero-order valence-corrected chi connectivity index (χ0v) is 11.4. The third kappa shape index (κ3) is 1.90. The van der Waals surface area contributed by atoms with Crippen molar-refractivity contribution in [3.05, 3.63) is 21.7 Å². The number of rotatable bonds is 2. The van der Waals surface area contributed by atoms with E-state index in [1.165, 1.54) is 17.7 Å². The van der Waals surface area contributed by atoms with Gasteiger partial charge in [-0.25, -0.2) is 4.98 Å². The molecule has 0 radical (unpaired) electrons. The highest BCUT2D eigenvalue weighted by Crippen LogP contribution is 2.34. The van der Waals surface area contributed by atoms with E-state index in [-0.39, 0.29) is 5.60 Å². The average Bonchev–Trinajstić information content (AvgIpc) is 2.88. The van der Waals surface area contributed by atoms with Crippen LogP contribution in [0.3, 0.4) is 0 Å². The fourth-order valence-corrected chi connectivity index (χ4v) is 3.23. The van der Waals surface area contributed by atoms with Crippen LogP contribution in [0.5, 0.6) is 0 Å². The van der Waals surface area contributed by atoms with Gasteiger partial charge in [0, 0.05) is 44.4 Å². The third-order valence-corrected chi connectivity index (χ3v) is 4.42. The molecule has 0 atom stereocenters. The van der Waals surface area contributed by atoms with Crippen molar-refractivity contribution in [1.29, 1.82) is 0 Å². The SMILES string of the molecule is COC1(c2nc(=S)c3c([nH]2)CCC3)CCOCC1. The van der Waals surface area contributed by atoms with Crippen LogP contribution in [0.25, 0.3) is 0 Å². The van der Waals surface area contributed by atoms with Gasteiger partial charge in [-0.15, -0.1) is 0 Å². The van der Waals surface area contributed by atoms with Crippen LogP contribution in [-0.2, 0) is 27.9 Å². The van der Waals surface area contributed by atoms with Crippen molar-refractivity contribution < 1.29 is 9.47 Å². The van der Waals surface area contributed by atoms with E-state index in [0.29, 0.717) is 13.2 Å². The van der Waals surface area contributed by atoms with Crippen molar-refractivity contribution in [2.45, 2.75) is 37.7 Å². The van der Waals surface area contributed by atoms with Crippen molar-refractivity contribution in [3.8, 4) is 0 Å². The van der Waals surface area contributed by atoms with E-state index in [2.05, 4.69) is 9.97 Å². The first-order valence-corrected chi connectivity index (χ1v) is 6.91. The Morgan fingerprint density at radius 2 is 2.11 bits per heavy atom. The lowest BCUT2D eigenvalue weighted by molar-refractivity contribution is -0.100. The molecule has 0 saturated carbocycles. The zero-order chi connectivity index (χ0) is 12.6. The molecular weight excluding hydrogens is 248 g/mol. The molecule has 1 aromatic rings. The second kappa shape index (κ2) is 4.72. The second-order valence-corrected chi connectivity index (χ2v) is 5.40. The fraction of sp³-hybridized carbons (Fsp3) is 0.692. The van der Waals surface area contributed by atoms with Gasteiger partial charge in [0.25, 0.3) is 0 Å². The van der Waals surface area contributed by atoms with Crippen molar-refractivity contribution in [3.63, 3.8) is 0 Å². The van der Waals surface area contributed by atoms with Crippen LogP contribution < -0.4 is 0 Å². The molecule has 1 aliphatic heterocycles. The van der Waals surface area contributed by atoms with Gasteiger partial charge >= 0.3 is 0 Å². The lowest BCUT2D eigenvalue weighted by atomic mass is 9.93. The average molecular weight is 266 g/mol. The summed E-state index contributed by atoms with van der Waals surface area (Å²) in [6.45, 7) is 1.43. The number of hydrogen-bond acceptors (Lipinski definition) is 4. The zero-order valence-electron chi connectivity index (χ0n) is 10.6. The minimum atomic E-state index is -0.344. The van der Waals surface area contributed by atoms with Crippen LogP contribution in [0.1, 0.15) is 36.3 Å². The van der Waals surface area contributed by atoms with E-state index in [1.807, 2.05) is 0 Å². The Morgan fingerprint density at radius 1 is 1.33 bits per heavy atom. The lowest BCUT2D eigenvalue weighted by Gasteiger charge is -2.35. The number of aryl methyl sites for hydroxylation is 1. The van der Waals surface area contributed by atoms with Crippen LogP contribution in [-0.4, -0.2) is 30.3 Å². The molecule has 0 aromatic carbocycles. The number of aromatic nitrogens is 2. The van der Waals surface area contributed by atoms with Gasteiger partial charge in [-0.1, -0.05) is 12.2 Å². The van der Waals surface area contributed by atoms with Gasteiger partial charge in [-0.2, -0.15) is 0 Å². The van der Waals surface area contributed by atoms with E-state index in [1.54, 1.807) is 7.11 Å². The number of fused-ring (bicyclic) bond motifs is 1. The van der Waals surface area contributed by atoms with Crippen molar-refractivity contribution >= 4 is 12.2 Å². The second-order valence-electron chi connectivity index (χ2n) is 5.01. The predicted molar refractivity (Wildman–Crippen MR) is 70.2 cm³/mol. The summed E-state index contributed by atoms with van der Waals surface area (Å²) in [6, 6.07) is 0. The minimum absolute atomic E-state index is 0.344. The summed E-state index contributed by atoms with van der Waals surface area (Å²) < 4.78 is 11.9. The molecule has 0 amide bonds. The Bertz CT molecular complexity index is 506. The summed E-state index contributed by atoms with van der Waals surface area (Å²) in [5, 5.41) is 0. The molecule has 5 heteroatoms. The van der Waals surface area contributed by atoms with E-state index in [0.717, 1.165) is 36.1 Å². The minimum Gasteiger partial charge on any atom is -0.381 e. The van der Waals surface area contributed by atoms with Gasteiger partial charge in [0.15, 0.2) is 0 Å². The summed E-state index contributed by atoms with van der Waals surface area (Å²) in [7, 11) is 1.75. The van der Waals surface area contributed by atoms with Crippen molar-refractivity contribution in [2.75, 3.05) is 20.3 Å². The van der Waals surface area contributed by atoms with Gasteiger partial charge in [0.05, 0.1) is 0 Å². The van der Waals surface area contributed by atoms with Crippen LogP contribution in [0.4, 0.5) is 0 Å². The van der Waals surface area contributed by atoms with Gasteiger partial charge in [0.2, 0.25) is 0 Å². The molecule has 4 nitrogen and oxygen atoms in total. The molecule has 2 aliphatic rings. The number of aromatic amines is 1. The largest absolute Gasteiger partial charge is 0.381 e. The number of hydrogen-bond donors (Lipinski definition) is 1. The maximum Gasteiger partial charge on any atom is 0.140 e. The summed E-state index contributed by atoms with van der Waals surface area (Å²) in [5.41, 5.74) is 2.14. The molecular formula is C13H18N2O2S. The first kappa shape index (κ1) is 12.3. The Hall–Kier alpha value is -0.780. The summed E-state index contributed by atoms with van der Waals surface area (Å²) in [5.74, 6) is 0.888. The molecule has 98 valence electrons. The summed E-state index contributed by atoms with van der Waals surface area (Å²) in [6.07, 6.45) is 4.97. The first-order valence-electron chi connectivity index (χ1n) is 6.51. The normalized spacial score (nSPS) is 21.8. The highest BCUT2D eigenvalue weighted by Gasteiger charge is 2.37. The van der Waals surface area contributed by atoms with E-state index in [4.69, 9.17) is 21.7 Å². The number of nitrogens with one attached hydrogen (secondary N) is 1. The molecule has 0 unspecified atom stereocenters. The fourth-order valence-electron chi connectivity index (χ4n) is 2.91. The number of ether oxygens (including phenoxy) is 2. The molecule has 3 rings (SSSR count). The highest BCUT2D eigenvalue weighted by atomic mass is 32.1. The van der Waals surface area contributed by atoms with Crippen LogP contribution in [0.15, 0.2) is 0 Å². The Labute approximate surface area is 112 Å². The highest BCUT2D eigenvalue weighted by molar-refractivity contribution is 7.71. The quantitative estimate of drug-likeness (QED) is 0.834. The Kier molecular flexibility index (Phi) is 3.21. The van der Waals surface area contributed by atoms with Crippen LogP contribution in [0.2, 0.25) is 0 Å². The van der Waals surface area contributed by atoms with E-state index < -0.39 is 0 Å². The molecule has 1 N–H and O–H groups in total. The number of methoxy groups -OCH3 is 1. The number of H-pyrrole nitrogens is 1. The smallest absolute Gasteiger partial charge is 0.140 e. The van der Waals surface area contributed by atoms with Gasteiger partial charge in [-0.05, 0) is 19.3 Å². The molecule has 18 heavy (non-hydrogen) atoms. The molecule has 2 heterocycles. The van der Waals surface area contributed by atoms with E-state index >= 15 is 0 Å². The van der Waals surface area contributed by atoms with Crippen LogP contribution >= 0.6 is 12.2 Å². The summed E-state index contributed by atoms with van der Waals surface area (Å²) >= 11 is 5.42. The number of nitrogens with zero attached hydrogens (tertiary/aromatic N) is 1. The van der Waals surface area contributed by atoms with Crippen molar-refractivity contribution in [1.82, 2.24) is 9.97 Å². The summed E-state index contributed by atoms with van der Waals surface area (Å²) in [4.78, 5) is 8.06. The molecule has 1 fully saturated rings. The topological polar surface area (TPSA) is 47.1 Å². The molecule has 1 saturated heterocycles. The molecule has 1 aromatic heterocycles. The maximum absolute atomic E-state index is 5.76. The maximum atomic E-state index is 5.76. The lowest BCUT2D eigenvalue weighted by Crippen LogP contribution is -2.37. The molecule has 1 aliphatic carbocycles. The van der Waals surface area contributed by atoms with Gasteiger partial charge in [0.1, 0.15) is 16.1 Å². The van der Waals surface area contributed by atoms with Gasteiger partial charge in [-0.3, -0.25) is 0 Å². The van der Waals surface area contributed by atoms with Gasteiger partial charge < -0.3 is 14.5 Å². The Morgan fingerprint density at radius 3 is 2.83 bits per heavy atom. The third-order valence-electron chi connectivity index (χ3n) is 4.08. The monoisotopic (exact) mass is 266 g/mol. The standard InChI is InChI=1S/C13H18N2O2S/c1-16-13(5-7-17-8-6-13)12-14-10-4-2-3-9(10)11(18)15-12/h2-8H2,1H3,(H,14,15,18). The molecule has 0 spiro atoms. The molecule has 0 bridgehead atoms. The van der Waals surface area contributed by atoms with Crippen molar-refractivity contribution in [2.24, 2.45) is 0 Å². The Balaban J connectivity index is 2.05. The van der Waals surface area contributed by atoms with Crippen LogP contribution in [0, 0.1) is 4.64 Å².